The van der Waals surface area contributed by atoms with Crippen LogP contribution in [-0.2, 0) is 0 Å². The van der Waals surface area contributed by atoms with Crippen LogP contribution in [0.4, 0.5) is 5.69 Å². The zero-order valence-corrected chi connectivity index (χ0v) is 17.5. The summed E-state index contributed by atoms with van der Waals surface area (Å²) < 4.78 is 5.41. The molecule has 2 aliphatic heterocycles. The van der Waals surface area contributed by atoms with Gasteiger partial charge in [0.1, 0.15) is 5.75 Å². The van der Waals surface area contributed by atoms with Crippen molar-refractivity contribution in [1.82, 2.24) is 10.2 Å². The number of halogens is 1. The maximum absolute atomic E-state index is 13.0. The molecule has 0 saturated carbocycles. The van der Waals surface area contributed by atoms with Gasteiger partial charge in [0.2, 0.25) is 0 Å². The number of amides is 3. The molecule has 2 aromatic carbocycles. The van der Waals surface area contributed by atoms with Crippen molar-refractivity contribution in [3.05, 3.63) is 59.2 Å². The fourth-order valence-corrected chi connectivity index (χ4v) is 3.70. The van der Waals surface area contributed by atoms with E-state index in [4.69, 9.17) is 4.74 Å². The molecule has 1 fully saturated rings. The Morgan fingerprint density at radius 3 is 2.47 bits per heavy atom. The molecule has 0 atom stereocenters. The predicted molar refractivity (Wildman–Crippen MR) is 116 cm³/mol. The van der Waals surface area contributed by atoms with Crippen LogP contribution in [0.25, 0.3) is 0 Å². The number of fused-ring (bicyclic) bond motifs is 1. The highest BCUT2D eigenvalue weighted by Gasteiger charge is 2.37. The fourth-order valence-electron chi connectivity index (χ4n) is 3.70. The zero-order chi connectivity index (χ0) is 20.4. The number of ether oxygens (including phenoxy) is 1. The summed E-state index contributed by atoms with van der Waals surface area (Å²) in [5.41, 5.74) is 1.49. The van der Waals surface area contributed by atoms with Gasteiger partial charge in [0.15, 0.2) is 0 Å². The summed E-state index contributed by atoms with van der Waals surface area (Å²) >= 11 is 0. The minimum atomic E-state index is -0.415. The van der Waals surface area contributed by atoms with Crippen molar-refractivity contribution in [2.24, 2.45) is 0 Å². The maximum atomic E-state index is 13.0. The van der Waals surface area contributed by atoms with Gasteiger partial charge in [0.25, 0.3) is 17.7 Å². The van der Waals surface area contributed by atoms with Crippen molar-refractivity contribution < 1.29 is 19.1 Å². The Morgan fingerprint density at radius 2 is 1.73 bits per heavy atom. The number of carbonyl (C=O) groups excluding carboxylic acids is 3. The largest absolute Gasteiger partial charge is 0.494 e. The van der Waals surface area contributed by atoms with Crippen LogP contribution < -0.4 is 15.0 Å². The SMILES string of the molecule is CCOc1ccc(N2C(=O)c3ccc(C(=O)N4CCCNCC4)cc3C2=O)cc1.Cl. The van der Waals surface area contributed by atoms with E-state index in [2.05, 4.69) is 5.32 Å². The molecule has 30 heavy (non-hydrogen) atoms. The summed E-state index contributed by atoms with van der Waals surface area (Å²) in [4.78, 5) is 41.6. The minimum absolute atomic E-state index is 0. The maximum Gasteiger partial charge on any atom is 0.266 e. The number of hydrogen-bond acceptors (Lipinski definition) is 5. The molecule has 0 aliphatic carbocycles. The molecular formula is C22H24ClN3O4. The smallest absolute Gasteiger partial charge is 0.266 e. The van der Waals surface area contributed by atoms with Gasteiger partial charge in [0.05, 0.1) is 23.4 Å². The molecule has 4 rings (SSSR count). The van der Waals surface area contributed by atoms with E-state index in [0.717, 1.165) is 24.4 Å². The second kappa shape index (κ2) is 9.28. The number of nitrogens with zero attached hydrogens (tertiary/aromatic N) is 2. The van der Waals surface area contributed by atoms with E-state index in [-0.39, 0.29) is 29.8 Å². The van der Waals surface area contributed by atoms with E-state index in [1.54, 1.807) is 47.4 Å². The Hall–Kier alpha value is -2.90. The van der Waals surface area contributed by atoms with Crippen molar-refractivity contribution in [2.75, 3.05) is 37.7 Å². The van der Waals surface area contributed by atoms with Crippen LogP contribution in [0.3, 0.4) is 0 Å². The average molecular weight is 430 g/mol. The highest BCUT2D eigenvalue weighted by atomic mass is 35.5. The molecule has 2 aromatic rings. The van der Waals surface area contributed by atoms with Crippen LogP contribution in [0.1, 0.15) is 44.4 Å². The number of carbonyl (C=O) groups is 3. The van der Waals surface area contributed by atoms with Gasteiger partial charge in [-0.15, -0.1) is 12.4 Å². The van der Waals surface area contributed by atoms with E-state index in [1.165, 1.54) is 0 Å². The number of anilines is 1. The van der Waals surface area contributed by atoms with Gasteiger partial charge in [-0.05, 0) is 62.4 Å². The lowest BCUT2D eigenvalue weighted by Gasteiger charge is -2.20. The Labute approximate surface area is 181 Å². The van der Waals surface area contributed by atoms with Gasteiger partial charge in [-0.3, -0.25) is 14.4 Å². The second-order valence-electron chi connectivity index (χ2n) is 7.03. The fraction of sp³-hybridized carbons (Fsp3) is 0.318. The molecule has 1 saturated heterocycles. The van der Waals surface area contributed by atoms with E-state index in [9.17, 15) is 14.4 Å². The molecule has 1 N–H and O–H groups in total. The molecule has 8 heteroatoms. The molecule has 3 amide bonds. The first-order valence-electron chi connectivity index (χ1n) is 9.86. The average Bonchev–Trinajstić information content (AvgIpc) is 2.92. The third-order valence-electron chi connectivity index (χ3n) is 5.17. The summed E-state index contributed by atoms with van der Waals surface area (Å²) in [6, 6.07) is 11.6. The molecule has 0 aromatic heterocycles. The number of benzene rings is 2. The van der Waals surface area contributed by atoms with E-state index >= 15 is 0 Å². The van der Waals surface area contributed by atoms with Crippen LogP contribution in [0.5, 0.6) is 5.75 Å². The molecule has 2 heterocycles. The Bertz CT molecular complexity index is 953. The topological polar surface area (TPSA) is 79.0 Å². The highest BCUT2D eigenvalue weighted by Crippen LogP contribution is 2.30. The number of imide groups is 1. The van der Waals surface area contributed by atoms with Crippen molar-refractivity contribution >= 4 is 35.8 Å². The third-order valence-corrected chi connectivity index (χ3v) is 5.17. The number of nitrogens with one attached hydrogen (secondary N) is 1. The summed E-state index contributed by atoms with van der Waals surface area (Å²) in [6.45, 7) is 5.36. The second-order valence-corrected chi connectivity index (χ2v) is 7.03. The molecule has 0 radical (unpaired) electrons. The van der Waals surface area contributed by atoms with Gasteiger partial charge in [-0.2, -0.15) is 0 Å². The molecule has 2 aliphatic rings. The minimum Gasteiger partial charge on any atom is -0.494 e. The van der Waals surface area contributed by atoms with E-state index in [1.807, 2.05) is 6.92 Å². The molecule has 7 nitrogen and oxygen atoms in total. The predicted octanol–water partition coefficient (Wildman–Crippen LogP) is 2.74. The molecule has 0 bridgehead atoms. The van der Waals surface area contributed by atoms with Crippen LogP contribution in [0.15, 0.2) is 42.5 Å². The summed E-state index contributed by atoms with van der Waals surface area (Å²) in [5, 5.41) is 3.27. The van der Waals surface area contributed by atoms with Crippen LogP contribution >= 0.6 is 12.4 Å². The molecule has 0 spiro atoms. The van der Waals surface area contributed by atoms with Crippen molar-refractivity contribution in [2.45, 2.75) is 13.3 Å². The van der Waals surface area contributed by atoms with Gasteiger partial charge >= 0.3 is 0 Å². The molecule has 0 unspecified atom stereocenters. The summed E-state index contributed by atoms with van der Waals surface area (Å²) in [7, 11) is 0. The number of rotatable bonds is 4. The van der Waals surface area contributed by atoms with Crippen LogP contribution in [-0.4, -0.2) is 55.4 Å². The lowest BCUT2D eigenvalue weighted by molar-refractivity contribution is 0.0766. The first-order chi connectivity index (χ1) is 14.1. The molecular weight excluding hydrogens is 406 g/mol. The van der Waals surface area contributed by atoms with Gasteiger partial charge in [0, 0.05) is 25.2 Å². The highest BCUT2D eigenvalue weighted by molar-refractivity contribution is 6.34. The Kier molecular flexibility index (Phi) is 6.74. The van der Waals surface area contributed by atoms with Crippen LogP contribution in [0, 0.1) is 0 Å². The van der Waals surface area contributed by atoms with Crippen LogP contribution in [0.2, 0.25) is 0 Å². The first kappa shape index (κ1) is 21.8. The normalized spacial score (nSPS) is 16.0. The number of hydrogen-bond donors (Lipinski definition) is 1. The first-order valence-corrected chi connectivity index (χ1v) is 9.86. The zero-order valence-electron chi connectivity index (χ0n) is 16.7. The van der Waals surface area contributed by atoms with Crippen molar-refractivity contribution in [1.29, 1.82) is 0 Å². The third kappa shape index (κ3) is 4.04. The van der Waals surface area contributed by atoms with Gasteiger partial charge < -0.3 is 15.0 Å². The standard InChI is InChI=1S/C22H23N3O4.ClH/c1-2-29-17-7-5-16(6-8-17)25-21(27)18-9-4-15(14-19(18)22(25)28)20(26)24-12-3-10-23-11-13-24;/h4-9,14,23H,2-3,10-13H2,1H3;1H. The quantitative estimate of drug-likeness (QED) is 0.756. The Morgan fingerprint density at radius 1 is 1.00 bits per heavy atom. The lowest BCUT2D eigenvalue weighted by Crippen LogP contribution is -2.34. The lowest BCUT2D eigenvalue weighted by atomic mass is 10.0. The molecule has 158 valence electrons. The van der Waals surface area contributed by atoms with E-state index in [0.29, 0.717) is 42.3 Å². The van der Waals surface area contributed by atoms with Crippen molar-refractivity contribution in [3.8, 4) is 5.75 Å². The van der Waals surface area contributed by atoms with E-state index < -0.39 is 5.91 Å². The van der Waals surface area contributed by atoms with Gasteiger partial charge in [-0.1, -0.05) is 0 Å². The Balaban J connectivity index is 0.00000256. The monoisotopic (exact) mass is 429 g/mol. The summed E-state index contributed by atoms with van der Waals surface area (Å²) in [5.74, 6) is -0.238. The van der Waals surface area contributed by atoms with Gasteiger partial charge in [-0.25, -0.2) is 4.90 Å². The summed E-state index contributed by atoms with van der Waals surface area (Å²) in [6.07, 6.45) is 0.889. The van der Waals surface area contributed by atoms with Crippen molar-refractivity contribution in [3.63, 3.8) is 0 Å².